The van der Waals surface area contributed by atoms with Gasteiger partial charge in [-0.15, -0.1) is 0 Å². The van der Waals surface area contributed by atoms with Crippen molar-refractivity contribution in [2.75, 3.05) is 6.61 Å². The second-order valence-electron chi connectivity index (χ2n) is 12.0. The van der Waals surface area contributed by atoms with Gasteiger partial charge in [-0.2, -0.15) is 0 Å². The molecule has 1 fully saturated rings. The van der Waals surface area contributed by atoms with Gasteiger partial charge < -0.3 is 39.0 Å². The molecule has 0 saturated carbocycles. The Morgan fingerprint density at radius 3 is 1.47 bits per heavy atom. The molecule has 4 aromatic carbocycles. The van der Waals surface area contributed by atoms with Crippen LogP contribution in [0, 0.1) is 5.92 Å². The van der Waals surface area contributed by atoms with Crippen molar-refractivity contribution in [3.63, 3.8) is 0 Å². The predicted octanol–water partition coefficient (Wildman–Crippen LogP) is 5.61. The summed E-state index contributed by atoms with van der Waals surface area (Å²) in [6, 6.07) is 38.0. The second-order valence-corrected chi connectivity index (χ2v) is 12.0. The van der Waals surface area contributed by atoms with Gasteiger partial charge >= 0.3 is 11.9 Å². The van der Waals surface area contributed by atoms with E-state index in [9.17, 15) is 24.9 Å². The van der Waals surface area contributed by atoms with Crippen molar-refractivity contribution in [3.05, 3.63) is 144 Å². The van der Waals surface area contributed by atoms with Crippen LogP contribution in [-0.2, 0) is 59.7 Å². The molecule has 1 saturated heterocycles. The molecule has 0 spiro atoms. The van der Waals surface area contributed by atoms with Crippen LogP contribution in [0.3, 0.4) is 0 Å². The van der Waals surface area contributed by atoms with Crippen LogP contribution < -0.4 is 0 Å². The fourth-order valence-electron chi connectivity index (χ4n) is 5.84. The number of ether oxygens (including phenoxy) is 5. The van der Waals surface area contributed by atoms with Crippen LogP contribution in [0.2, 0.25) is 0 Å². The quantitative estimate of drug-likeness (QED) is 0.114. The Hall–Kier alpha value is -4.42. The van der Waals surface area contributed by atoms with Gasteiger partial charge in [0.2, 0.25) is 0 Å². The topological polar surface area (TPSA) is 141 Å². The molecule has 1 heterocycles. The lowest BCUT2D eigenvalue weighted by atomic mass is 9.87. The zero-order valence-corrected chi connectivity index (χ0v) is 27.1. The van der Waals surface area contributed by atoms with Gasteiger partial charge in [0.1, 0.15) is 24.4 Å². The molecule has 258 valence electrons. The van der Waals surface area contributed by atoms with Gasteiger partial charge in [-0.1, -0.05) is 121 Å². The number of aliphatic hydroxyl groups is 1. The molecule has 1 aliphatic heterocycles. The highest BCUT2D eigenvalue weighted by atomic mass is 16.7. The maximum atomic E-state index is 12.4. The van der Waals surface area contributed by atoms with E-state index in [4.69, 9.17) is 23.7 Å². The van der Waals surface area contributed by atoms with Crippen molar-refractivity contribution in [1.82, 2.24) is 0 Å². The summed E-state index contributed by atoms with van der Waals surface area (Å²) < 4.78 is 32.1. The van der Waals surface area contributed by atoms with Crippen molar-refractivity contribution in [3.8, 4) is 0 Å². The van der Waals surface area contributed by atoms with Gasteiger partial charge in [0, 0.05) is 6.42 Å². The molecule has 1 aliphatic rings. The van der Waals surface area contributed by atoms with Gasteiger partial charge in [0.05, 0.1) is 33.0 Å². The molecular formula is C39H42O10. The van der Waals surface area contributed by atoms with E-state index in [1.54, 1.807) is 0 Å². The van der Waals surface area contributed by atoms with E-state index in [0.717, 1.165) is 22.3 Å². The monoisotopic (exact) mass is 670 g/mol. The highest BCUT2D eigenvalue weighted by molar-refractivity contribution is 5.92. The van der Waals surface area contributed by atoms with Crippen LogP contribution in [-0.4, -0.2) is 64.1 Å². The van der Waals surface area contributed by atoms with E-state index in [0.29, 0.717) is 0 Å². The van der Waals surface area contributed by atoms with Crippen molar-refractivity contribution in [2.24, 2.45) is 5.92 Å². The lowest BCUT2D eigenvalue weighted by Crippen LogP contribution is -2.67. The Balaban J connectivity index is 1.50. The van der Waals surface area contributed by atoms with Crippen molar-refractivity contribution >= 4 is 11.9 Å². The Bertz CT molecular complexity index is 1560. The summed E-state index contributed by atoms with van der Waals surface area (Å²) in [5.74, 6) is -6.98. The minimum absolute atomic E-state index is 0.0193. The number of carboxylic acid groups (broad SMARTS) is 2. The normalized spacial score (nSPS) is 22.2. The third-order valence-corrected chi connectivity index (χ3v) is 8.41. The maximum absolute atomic E-state index is 12.4. The first-order valence-electron chi connectivity index (χ1n) is 16.3. The highest BCUT2D eigenvalue weighted by Gasteiger charge is 2.56. The van der Waals surface area contributed by atoms with E-state index >= 15 is 0 Å². The Labute approximate surface area is 285 Å². The van der Waals surface area contributed by atoms with Crippen LogP contribution >= 0.6 is 0 Å². The Kier molecular flexibility index (Phi) is 13.1. The third-order valence-electron chi connectivity index (χ3n) is 8.41. The molecule has 0 amide bonds. The first-order chi connectivity index (χ1) is 23.8. The highest BCUT2D eigenvalue weighted by Crippen LogP contribution is 2.39. The number of hydrogen-bond acceptors (Lipinski definition) is 8. The first-order valence-corrected chi connectivity index (χ1v) is 16.3. The lowest BCUT2D eigenvalue weighted by molar-refractivity contribution is -0.373. The second kappa shape index (κ2) is 17.8. The standard InChI is InChI=1S/C39H42O10/c40-37(41)32(38(42)43)21-22-39(44)36(48-26-31-19-11-4-12-20-31)35(47-25-30-17-9-3-10-18-30)34(46-24-29-15-7-2-8-16-29)33(49-39)27-45-23-28-13-5-1-6-14-28/h1-20,32-36,44H,21-27H2,(H,40,41)(H,42,43)/t33-,34-,35+,36-,39?/m1/s1. The number of carboxylic acids is 2. The summed E-state index contributed by atoms with van der Waals surface area (Å²) >= 11 is 0. The molecule has 10 heteroatoms. The van der Waals surface area contributed by atoms with Crippen molar-refractivity contribution < 1.29 is 48.6 Å². The summed E-state index contributed by atoms with van der Waals surface area (Å²) in [4.78, 5) is 23.7. The summed E-state index contributed by atoms with van der Waals surface area (Å²) in [6.07, 6.45) is -4.71. The van der Waals surface area contributed by atoms with Crippen molar-refractivity contribution in [1.29, 1.82) is 0 Å². The molecule has 0 aliphatic carbocycles. The first kappa shape index (κ1) is 35.9. The molecule has 5 rings (SSSR count). The average molecular weight is 671 g/mol. The minimum atomic E-state index is -2.17. The lowest BCUT2D eigenvalue weighted by Gasteiger charge is -2.50. The fourth-order valence-corrected chi connectivity index (χ4v) is 5.84. The molecule has 10 nitrogen and oxygen atoms in total. The SMILES string of the molecule is O=C(O)C(CCC1(O)O[C@H](COCc2ccccc2)[C@@H](OCc2ccccc2)[C@H](OCc2ccccc2)[C@H]1OCc1ccccc1)C(=O)O. The fraction of sp³-hybridized carbons (Fsp3) is 0.333. The van der Waals surface area contributed by atoms with E-state index in [2.05, 4.69) is 0 Å². The predicted molar refractivity (Wildman–Crippen MR) is 179 cm³/mol. The smallest absolute Gasteiger partial charge is 0.317 e. The van der Waals surface area contributed by atoms with Gasteiger partial charge in [-0.25, -0.2) is 0 Å². The number of hydrogen-bond donors (Lipinski definition) is 3. The molecule has 0 aromatic heterocycles. The van der Waals surface area contributed by atoms with Crippen LogP contribution in [0.25, 0.3) is 0 Å². The molecule has 0 bridgehead atoms. The van der Waals surface area contributed by atoms with Crippen LogP contribution in [0.1, 0.15) is 35.1 Å². The average Bonchev–Trinajstić information content (AvgIpc) is 3.11. The molecule has 1 unspecified atom stereocenters. The zero-order valence-electron chi connectivity index (χ0n) is 27.1. The third kappa shape index (κ3) is 10.3. The zero-order chi connectivity index (χ0) is 34.5. The van der Waals surface area contributed by atoms with Gasteiger partial charge in [0.25, 0.3) is 0 Å². The van der Waals surface area contributed by atoms with Gasteiger partial charge in [-0.3, -0.25) is 9.59 Å². The molecule has 0 radical (unpaired) electrons. The minimum Gasteiger partial charge on any atom is -0.481 e. The molecule has 5 atom stereocenters. The van der Waals surface area contributed by atoms with E-state index in [-0.39, 0.29) is 39.5 Å². The molecular weight excluding hydrogens is 628 g/mol. The van der Waals surface area contributed by atoms with Crippen LogP contribution in [0.5, 0.6) is 0 Å². The maximum Gasteiger partial charge on any atom is 0.317 e. The van der Waals surface area contributed by atoms with Crippen LogP contribution in [0.15, 0.2) is 121 Å². The number of benzene rings is 4. The summed E-state index contributed by atoms with van der Waals surface area (Å²) in [7, 11) is 0. The molecule has 4 aromatic rings. The Morgan fingerprint density at radius 1 is 0.612 bits per heavy atom. The van der Waals surface area contributed by atoms with E-state index in [1.165, 1.54) is 0 Å². The summed E-state index contributed by atoms with van der Waals surface area (Å²) in [5, 5.41) is 31.6. The van der Waals surface area contributed by atoms with Gasteiger partial charge in [-0.05, 0) is 28.7 Å². The number of aliphatic carboxylic acids is 2. The van der Waals surface area contributed by atoms with Crippen molar-refractivity contribution in [2.45, 2.75) is 69.5 Å². The van der Waals surface area contributed by atoms with Gasteiger partial charge in [0.15, 0.2) is 11.7 Å². The largest absolute Gasteiger partial charge is 0.481 e. The van der Waals surface area contributed by atoms with Crippen LogP contribution in [0.4, 0.5) is 0 Å². The summed E-state index contributed by atoms with van der Waals surface area (Å²) in [6.45, 7) is 0.633. The summed E-state index contributed by atoms with van der Waals surface area (Å²) in [5.41, 5.74) is 3.52. The number of carbonyl (C=O) groups is 2. The Morgan fingerprint density at radius 2 is 1.02 bits per heavy atom. The number of rotatable bonds is 18. The molecule has 3 N–H and O–H groups in total. The van der Waals surface area contributed by atoms with E-state index < -0.39 is 54.5 Å². The molecule has 49 heavy (non-hydrogen) atoms. The van der Waals surface area contributed by atoms with E-state index in [1.807, 2.05) is 121 Å².